The number of hydrogen-bond acceptors (Lipinski definition) is 3. The van der Waals surface area contributed by atoms with Crippen molar-refractivity contribution in [3.63, 3.8) is 0 Å². The fourth-order valence-corrected chi connectivity index (χ4v) is 4.58. The summed E-state index contributed by atoms with van der Waals surface area (Å²) >= 11 is 5.98. The van der Waals surface area contributed by atoms with Crippen molar-refractivity contribution in [3.05, 3.63) is 45.6 Å². The molecule has 0 radical (unpaired) electrons. The molecule has 4 rings (SSSR count). The summed E-state index contributed by atoms with van der Waals surface area (Å²) in [6.07, 6.45) is 6.08. The number of amides is 2. The first-order valence-corrected chi connectivity index (χ1v) is 10.4. The van der Waals surface area contributed by atoms with Crippen LogP contribution >= 0.6 is 11.6 Å². The zero-order valence-corrected chi connectivity index (χ0v) is 16.9. The first-order valence-electron chi connectivity index (χ1n) is 10.00. The Balaban J connectivity index is 1.42. The zero-order chi connectivity index (χ0) is 19.7. The van der Waals surface area contributed by atoms with Gasteiger partial charge in [-0.15, -0.1) is 0 Å². The van der Waals surface area contributed by atoms with E-state index in [1.807, 2.05) is 21.6 Å². The van der Waals surface area contributed by atoms with Crippen molar-refractivity contribution < 1.29 is 4.79 Å². The van der Waals surface area contributed by atoms with E-state index < -0.39 is 0 Å². The van der Waals surface area contributed by atoms with Gasteiger partial charge in [0, 0.05) is 42.8 Å². The summed E-state index contributed by atoms with van der Waals surface area (Å²) in [7, 11) is 1.73. The van der Waals surface area contributed by atoms with Crippen LogP contribution in [0.2, 0.25) is 5.02 Å². The number of nitrogens with one attached hydrogen (secondary N) is 1. The fourth-order valence-electron chi connectivity index (χ4n) is 4.39. The van der Waals surface area contributed by atoms with Gasteiger partial charge in [0.05, 0.1) is 0 Å². The normalized spacial score (nSPS) is 18.6. The summed E-state index contributed by atoms with van der Waals surface area (Å²) in [6, 6.07) is 7.31. The van der Waals surface area contributed by atoms with Crippen LogP contribution in [0.15, 0.2) is 29.1 Å². The van der Waals surface area contributed by atoms with Gasteiger partial charge in [-0.2, -0.15) is 5.10 Å². The number of likely N-dealkylation sites (tertiary alicyclic amines) is 1. The predicted octanol–water partition coefficient (Wildman–Crippen LogP) is 3.76. The predicted molar refractivity (Wildman–Crippen MR) is 109 cm³/mol. The van der Waals surface area contributed by atoms with Gasteiger partial charge in [-0.1, -0.05) is 30.5 Å². The lowest BCUT2D eigenvalue weighted by Crippen LogP contribution is -2.41. The number of carbonyl (C=O) groups excluding carboxylic acids is 1. The van der Waals surface area contributed by atoms with Crippen LogP contribution in [0.25, 0.3) is 0 Å². The summed E-state index contributed by atoms with van der Waals surface area (Å²) in [5.41, 5.74) is 0.683. The van der Waals surface area contributed by atoms with Crippen LogP contribution in [-0.4, -0.2) is 38.4 Å². The van der Waals surface area contributed by atoms with E-state index in [9.17, 15) is 9.59 Å². The van der Waals surface area contributed by atoms with Crippen molar-refractivity contribution in [2.24, 2.45) is 7.05 Å². The molecule has 1 aromatic carbocycles. The molecular weight excluding hydrogens is 378 g/mol. The molecule has 2 aromatic rings. The molecule has 8 heteroatoms. The molecule has 1 aliphatic heterocycles. The van der Waals surface area contributed by atoms with Gasteiger partial charge in [-0.3, -0.25) is 4.57 Å². The molecule has 0 spiro atoms. The van der Waals surface area contributed by atoms with E-state index in [0.29, 0.717) is 23.8 Å². The molecule has 1 aromatic heterocycles. The minimum atomic E-state index is -0.116. The number of hydrogen-bond donors (Lipinski definition) is 1. The van der Waals surface area contributed by atoms with Gasteiger partial charge < -0.3 is 10.2 Å². The highest BCUT2D eigenvalue weighted by Gasteiger charge is 2.31. The largest absolute Gasteiger partial charge is 0.345 e. The number of carbonyl (C=O) groups is 1. The number of aryl methyl sites for hydroxylation is 1. The monoisotopic (exact) mass is 403 g/mol. The SMILES string of the molecule is Cn1nc(C2CCN(C(=O)Nc3cccc(Cl)c3)CC2)n(C2CCCC2)c1=O. The maximum absolute atomic E-state index is 12.6. The molecule has 0 unspecified atom stereocenters. The first kappa shape index (κ1) is 19.1. The van der Waals surface area contributed by atoms with E-state index >= 15 is 0 Å². The summed E-state index contributed by atoms with van der Waals surface area (Å²) in [6.45, 7) is 1.29. The second-order valence-corrected chi connectivity index (χ2v) is 8.21. The number of rotatable bonds is 3. The molecule has 150 valence electrons. The molecule has 2 aliphatic rings. The number of aromatic nitrogens is 3. The Morgan fingerprint density at radius 3 is 2.57 bits per heavy atom. The van der Waals surface area contributed by atoms with Gasteiger partial charge in [0.1, 0.15) is 5.82 Å². The highest BCUT2D eigenvalue weighted by atomic mass is 35.5. The second-order valence-electron chi connectivity index (χ2n) is 7.77. The molecule has 7 nitrogen and oxygen atoms in total. The molecule has 1 aliphatic carbocycles. The maximum atomic E-state index is 12.6. The standard InChI is InChI=1S/C20H26ClN5O2/c1-24-20(28)26(17-7-2-3-8-17)18(23-24)14-9-11-25(12-10-14)19(27)22-16-6-4-5-15(21)13-16/h4-6,13-14,17H,2-3,7-12H2,1H3,(H,22,27). The minimum absolute atomic E-state index is 0.0111. The molecule has 2 heterocycles. The first-order chi connectivity index (χ1) is 13.5. The van der Waals surface area contributed by atoms with E-state index in [1.165, 1.54) is 17.5 Å². The Labute approximate surface area is 169 Å². The third-order valence-corrected chi connectivity index (χ3v) is 6.13. The van der Waals surface area contributed by atoms with Crippen molar-refractivity contribution in [2.75, 3.05) is 18.4 Å². The molecule has 0 atom stereocenters. The molecule has 1 saturated heterocycles. The molecular formula is C20H26ClN5O2. The van der Waals surface area contributed by atoms with Crippen molar-refractivity contribution in [3.8, 4) is 0 Å². The Morgan fingerprint density at radius 2 is 1.89 bits per heavy atom. The van der Waals surface area contributed by atoms with Crippen molar-refractivity contribution >= 4 is 23.3 Å². The highest BCUT2D eigenvalue weighted by molar-refractivity contribution is 6.30. The summed E-state index contributed by atoms with van der Waals surface area (Å²) in [5.74, 6) is 1.11. The van der Waals surface area contributed by atoms with Gasteiger partial charge in [0.15, 0.2) is 0 Å². The lowest BCUT2D eigenvalue weighted by molar-refractivity contribution is 0.192. The van der Waals surface area contributed by atoms with E-state index in [-0.39, 0.29) is 23.7 Å². The number of halogens is 1. The third-order valence-electron chi connectivity index (χ3n) is 5.90. The fraction of sp³-hybridized carbons (Fsp3) is 0.550. The smallest absolute Gasteiger partial charge is 0.324 e. The van der Waals surface area contributed by atoms with Gasteiger partial charge in [-0.25, -0.2) is 14.3 Å². The van der Waals surface area contributed by atoms with Crippen molar-refractivity contribution in [1.29, 1.82) is 0 Å². The third kappa shape index (κ3) is 3.81. The van der Waals surface area contributed by atoms with Crippen LogP contribution in [-0.2, 0) is 7.05 Å². The molecule has 28 heavy (non-hydrogen) atoms. The summed E-state index contributed by atoms with van der Waals surface area (Å²) < 4.78 is 3.39. The molecule has 2 fully saturated rings. The quantitative estimate of drug-likeness (QED) is 0.847. The minimum Gasteiger partial charge on any atom is -0.324 e. The molecule has 2 amide bonds. The zero-order valence-electron chi connectivity index (χ0n) is 16.1. The van der Waals surface area contributed by atoms with Crippen LogP contribution in [0, 0.1) is 0 Å². The number of anilines is 1. The Hall–Kier alpha value is -2.28. The van der Waals surface area contributed by atoms with Gasteiger partial charge in [0.2, 0.25) is 0 Å². The number of urea groups is 1. The van der Waals surface area contributed by atoms with Crippen LogP contribution in [0.5, 0.6) is 0 Å². The topological polar surface area (TPSA) is 72.2 Å². The van der Waals surface area contributed by atoms with Crippen LogP contribution in [0.4, 0.5) is 10.5 Å². The Bertz CT molecular complexity index is 908. The lowest BCUT2D eigenvalue weighted by atomic mass is 9.95. The van der Waals surface area contributed by atoms with E-state index in [0.717, 1.165) is 31.5 Å². The molecule has 1 N–H and O–H groups in total. The average molecular weight is 404 g/mol. The average Bonchev–Trinajstić information content (AvgIpc) is 3.30. The van der Waals surface area contributed by atoms with Gasteiger partial charge in [0.25, 0.3) is 0 Å². The van der Waals surface area contributed by atoms with E-state index in [1.54, 1.807) is 19.2 Å². The second kappa shape index (κ2) is 7.99. The van der Waals surface area contributed by atoms with Crippen LogP contribution < -0.4 is 11.0 Å². The Morgan fingerprint density at radius 1 is 1.18 bits per heavy atom. The summed E-state index contributed by atoms with van der Waals surface area (Å²) in [4.78, 5) is 27.0. The maximum Gasteiger partial charge on any atom is 0.345 e. The molecule has 0 bridgehead atoms. The summed E-state index contributed by atoms with van der Waals surface area (Å²) in [5, 5.41) is 8.06. The van der Waals surface area contributed by atoms with E-state index in [2.05, 4.69) is 10.4 Å². The highest BCUT2D eigenvalue weighted by Crippen LogP contribution is 2.33. The molecule has 1 saturated carbocycles. The Kier molecular flexibility index (Phi) is 5.44. The van der Waals surface area contributed by atoms with Crippen molar-refractivity contribution in [1.82, 2.24) is 19.2 Å². The van der Waals surface area contributed by atoms with Gasteiger partial charge in [-0.05, 0) is 43.9 Å². The number of piperidine rings is 1. The van der Waals surface area contributed by atoms with Crippen molar-refractivity contribution in [2.45, 2.75) is 50.5 Å². The van der Waals surface area contributed by atoms with Crippen LogP contribution in [0.3, 0.4) is 0 Å². The lowest BCUT2D eigenvalue weighted by Gasteiger charge is -2.32. The number of nitrogens with zero attached hydrogens (tertiary/aromatic N) is 4. The number of benzene rings is 1. The van der Waals surface area contributed by atoms with E-state index in [4.69, 9.17) is 11.6 Å². The van der Waals surface area contributed by atoms with Crippen LogP contribution in [0.1, 0.15) is 56.3 Å². The van der Waals surface area contributed by atoms with Gasteiger partial charge >= 0.3 is 11.7 Å².